The minimum absolute atomic E-state index is 0.107. The van der Waals surface area contributed by atoms with Gasteiger partial charge in [0.1, 0.15) is 12.4 Å². The molecule has 0 N–H and O–H groups in total. The van der Waals surface area contributed by atoms with E-state index in [0.29, 0.717) is 11.6 Å². The van der Waals surface area contributed by atoms with Crippen LogP contribution in [-0.4, -0.2) is 19.2 Å². The minimum atomic E-state index is -0.241. The van der Waals surface area contributed by atoms with Crippen molar-refractivity contribution in [3.05, 3.63) is 28.8 Å². The summed E-state index contributed by atoms with van der Waals surface area (Å²) in [6, 6.07) is 5.51. The standard InChI is InChI=1S/C11H13ClO3/c1-7-5-9(12)3-4-10(7)13-6-11-14-8(2)15-11/h3-5,8,11H,6H2,1-2H3. The number of rotatable bonds is 3. The lowest BCUT2D eigenvalue weighted by Crippen LogP contribution is -2.42. The molecule has 1 aromatic rings. The van der Waals surface area contributed by atoms with Gasteiger partial charge in [0.25, 0.3) is 0 Å². The van der Waals surface area contributed by atoms with Gasteiger partial charge >= 0.3 is 0 Å². The SMILES string of the molecule is Cc1cc(Cl)ccc1OCC1OC(C)O1. The van der Waals surface area contributed by atoms with Crippen molar-refractivity contribution in [3.63, 3.8) is 0 Å². The first-order valence-electron chi connectivity index (χ1n) is 4.85. The lowest BCUT2D eigenvalue weighted by Gasteiger charge is -2.33. The number of halogens is 1. The maximum absolute atomic E-state index is 5.83. The minimum Gasteiger partial charge on any atom is -0.488 e. The fourth-order valence-corrected chi connectivity index (χ4v) is 1.68. The largest absolute Gasteiger partial charge is 0.488 e. The second-order valence-corrected chi connectivity index (χ2v) is 3.93. The van der Waals surface area contributed by atoms with Gasteiger partial charge in [-0.25, -0.2) is 0 Å². The van der Waals surface area contributed by atoms with E-state index in [1.165, 1.54) is 0 Å². The molecule has 1 aliphatic rings. The molecule has 0 spiro atoms. The monoisotopic (exact) mass is 228 g/mol. The van der Waals surface area contributed by atoms with Gasteiger partial charge in [-0.1, -0.05) is 11.6 Å². The molecule has 82 valence electrons. The summed E-state index contributed by atoms with van der Waals surface area (Å²) in [7, 11) is 0. The van der Waals surface area contributed by atoms with Gasteiger partial charge in [0.15, 0.2) is 12.6 Å². The Balaban J connectivity index is 1.88. The number of ether oxygens (including phenoxy) is 3. The average molecular weight is 229 g/mol. The second-order valence-electron chi connectivity index (χ2n) is 3.49. The molecule has 1 fully saturated rings. The molecule has 0 aromatic heterocycles. The van der Waals surface area contributed by atoms with E-state index in [1.807, 2.05) is 26.0 Å². The summed E-state index contributed by atoms with van der Waals surface area (Å²) in [6.07, 6.45) is -0.347. The molecule has 2 rings (SSSR count). The molecule has 0 bridgehead atoms. The summed E-state index contributed by atoms with van der Waals surface area (Å²) in [5.74, 6) is 0.811. The molecule has 1 aliphatic heterocycles. The highest BCUT2D eigenvalue weighted by molar-refractivity contribution is 6.30. The Hall–Kier alpha value is -0.770. The molecule has 1 aromatic carbocycles. The highest BCUT2D eigenvalue weighted by Gasteiger charge is 2.27. The van der Waals surface area contributed by atoms with Crippen molar-refractivity contribution in [3.8, 4) is 5.75 Å². The Morgan fingerprint density at radius 3 is 2.73 bits per heavy atom. The topological polar surface area (TPSA) is 27.7 Å². The maximum Gasteiger partial charge on any atom is 0.197 e. The van der Waals surface area contributed by atoms with Gasteiger partial charge in [-0.15, -0.1) is 0 Å². The maximum atomic E-state index is 5.83. The molecule has 4 heteroatoms. The van der Waals surface area contributed by atoms with Gasteiger partial charge in [0.05, 0.1) is 0 Å². The predicted molar refractivity (Wildman–Crippen MR) is 57.1 cm³/mol. The van der Waals surface area contributed by atoms with Crippen LogP contribution in [0.15, 0.2) is 18.2 Å². The summed E-state index contributed by atoms with van der Waals surface area (Å²) in [5.41, 5.74) is 1.01. The van der Waals surface area contributed by atoms with Gasteiger partial charge in [-0.05, 0) is 37.6 Å². The quantitative estimate of drug-likeness (QED) is 0.796. The zero-order valence-corrected chi connectivity index (χ0v) is 9.45. The van der Waals surface area contributed by atoms with Crippen LogP contribution in [0.5, 0.6) is 5.75 Å². The van der Waals surface area contributed by atoms with Crippen molar-refractivity contribution in [1.29, 1.82) is 0 Å². The van der Waals surface area contributed by atoms with Crippen molar-refractivity contribution in [2.75, 3.05) is 6.61 Å². The Labute approximate surface area is 93.9 Å². The smallest absolute Gasteiger partial charge is 0.197 e. The van der Waals surface area contributed by atoms with E-state index < -0.39 is 0 Å². The fraction of sp³-hybridized carbons (Fsp3) is 0.455. The first kappa shape index (κ1) is 10.7. The molecule has 1 saturated heterocycles. The highest BCUT2D eigenvalue weighted by atomic mass is 35.5. The van der Waals surface area contributed by atoms with Crippen LogP contribution in [0, 0.1) is 6.92 Å². The summed E-state index contributed by atoms with van der Waals surface area (Å²) >= 11 is 5.83. The van der Waals surface area contributed by atoms with Crippen molar-refractivity contribution < 1.29 is 14.2 Å². The summed E-state index contributed by atoms with van der Waals surface area (Å²) < 4.78 is 16.0. The fourth-order valence-electron chi connectivity index (χ4n) is 1.45. The lowest BCUT2D eigenvalue weighted by molar-refractivity contribution is -0.380. The molecule has 0 saturated carbocycles. The number of aryl methyl sites for hydroxylation is 1. The van der Waals surface area contributed by atoms with E-state index >= 15 is 0 Å². The molecule has 15 heavy (non-hydrogen) atoms. The third-order valence-corrected chi connectivity index (χ3v) is 2.43. The highest BCUT2D eigenvalue weighted by Crippen LogP contribution is 2.23. The van der Waals surface area contributed by atoms with Gasteiger partial charge in [0, 0.05) is 5.02 Å². The molecule has 0 unspecified atom stereocenters. The number of benzene rings is 1. The van der Waals surface area contributed by atoms with Crippen LogP contribution in [0.25, 0.3) is 0 Å². The zero-order valence-electron chi connectivity index (χ0n) is 8.70. The first-order valence-corrected chi connectivity index (χ1v) is 5.23. The predicted octanol–water partition coefficient (Wildman–Crippen LogP) is 2.75. The van der Waals surface area contributed by atoms with Crippen molar-refractivity contribution >= 4 is 11.6 Å². The molecule has 0 atom stereocenters. The number of hydrogen-bond donors (Lipinski definition) is 0. The third kappa shape index (κ3) is 2.62. The van der Waals surface area contributed by atoms with Crippen LogP contribution < -0.4 is 4.74 Å². The van der Waals surface area contributed by atoms with Gasteiger partial charge in [-0.3, -0.25) is 0 Å². The van der Waals surface area contributed by atoms with E-state index in [0.717, 1.165) is 11.3 Å². The normalized spacial score (nSPS) is 24.7. The van der Waals surface area contributed by atoms with Crippen molar-refractivity contribution in [2.45, 2.75) is 26.4 Å². The van der Waals surface area contributed by atoms with Gasteiger partial charge in [0.2, 0.25) is 0 Å². The van der Waals surface area contributed by atoms with Crippen LogP contribution in [0.3, 0.4) is 0 Å². The Morgan fingerprint density at radius 1 is 1.40 bits per heavy atom. The van der Waals surface area contributed by atoms with E-state index in [1.54, 1.807) is 6.07 Å². The van der Waals surface area contributed by atoms with E-state index in [9.17, 15) is 0 Å². The molecule has 0 aliphatic carbocycles. The average Bonchev–Trinajstić information content (AvgIpc) is 2.13. The van der Waals surface area contributed by atoms with Crippen LogP contribution in [-0.2, 0) is 9.47 Å². The Bertz CT molecular complexity index is 348. The molecular formula is C11H13ClO3. The van der Waals surface area contributed by atoms with Gasteiger partial charge in [-0.2, -0.15) is 0 Å². The summed E-state index contributed by atoms with van der Waals surface area (Å²) in [6.45, 7) is 4.21. The summed E-state index contributed by atoms with van der Waals surface area (Å²) in [4.78, 5) is 0. The Morgan fingerprint density at radius 2 is 2.13 bits per heavy atom. The zero-order chi connectivity index (χ0) is 10.8. The van der Waals surface area contributed by atoms with E-state index in [-0.39, 0.29) is 12.6 Å². The summed E-state index contributed by atoms with van der Waals surface area (Å²) in [5, 5.41) is 0.713. The molecule has 0 amide bonds. The van der Waals surface area contributed by atoms with Crippen molar-refractivity contribution in [2.24, 2.45) is 0 Å². The van der Waals surface area contributed by atoms with E-state index in [2.05, 4.69) is 0 Å². The van der Waals surface area contributed by atoms with Gasteiger partial charge < -0.3 is 14.2 Å². The molecule has 0 radical (unpaired) electrons. The molecule has 1 heterocycles. The van der Waals surface area contributed by atoms with Crippen LogP contribution >= 0.6 is 11.6 Å². The molecule has 3 nitrogen and oxygen atoms in total. The first-order chi connectivity index (χ1) is 7.15. The Kier molecular flexibility index (Phi) is 3.14. The lowest BCUT2D eigenvalue weighted by atomic mass is 10.2. The number of hydrogen-bond acceptors (Lipinski definition) is 3. The van der Waals surface area contributed by atoms with Crippen molar-refractivity contribution in [1.82, 2.24) is 0 Å². The van der Waals surface area contributed by atoms with Crippen LogP contribution in [0.2, 0.25) is 5.02 Å². The van der Waals surface area contributed by atoms with Crippen LogP contribution in [0.4, 0.5) is 0 Å². The second kappa shape index (κ2) is 4.39. The van der Waals surface area contributed by atoms with E-state index in [4.69, 9.17) is 25.8 Å². The third-order valence-electron chi connectivity index (χ3n) is 2.20. The van der Waals surface area contributed by atoms with Crippen LogP contribution in [0.1, 0.15) is 12.5 Å². The molecular weight excluding hydrogens is 216 g/mol.